The quantitative estimate of drug-likeness (QED) is 0.893. The molecule has 5 nitrogen and oxygen atoms in total. The number of nitriles is 1. The van der Waals surface area contributed by atoms with E-state index in [0.29, 0.717) is 24.1 Å². The van der Waals surface area contributed by atoms with Gasteiger partial charge in [-0.15, -0.1) is 0 Å². The minimum atomic E-state index is -0.905. The molecule has 0 aromatic heterocycles. The van der Waals surface area contributed by atoms with Crippen molar-refractivity contribution < 1.29 is 14.7 Å². The van der Waals surface area contributed by atoms with Crippen molar-refractivity contribution in [2.45, 2.75) is 32.6 Å². The van der Waals surface area contributed by atoms with Crippen LogP contribution in [0.4, 0.5) is 5.69 Å². The van der Waals surface area contributed by atoms with E-state index in [2.05, 4.69) is 5.32 Å². The van der Waals surface area contributed by atoms with Crippen LogP contribution < -0.4 is 5.32 Å². The summed E-state index contributed by atoms with van der Waals surface area (Å²) in [6.07, 6.45) is 2.87. The summed E-state index contributed by atoms with van der Waals surface area (Å²) < 4.78 is 0. The average molecular weight is 286 g/mol. The summed E-state index contributed by atoms with van der Waals surface area (Å²) in [5.74, 6) is -2.28. The number of carbonyl (C=O) groups excluding carboxylic acids is 1. The SMILES string of the molecule is Cc1ccc(C#N)cc1NC(=O)[C@@H]1CCCC[C@@H]1C(=O)O. The number of aliphatic carboxylic acids is 1. The fourth-order valence-corrected chi connectivity index (χ4v) is 2.79. The lowest BCUT2D eigenvalue weighted by Gasteiger charge is -2.27. The number of amides is 1. The van der Waals surface area contributed by atoms with Gasteiger partial charge in [0.05, 0.1) is 23.5 Å². The van der Waals surface area contributed by atoms with Gasteiger partial charge in [-0.25, -0.2) is 0 Å². The number of benzene rings is 1. The molecule has 1 aliphatic rings. The van der Waals surface area contributed by atoms with Gasteiger partial charge in [-0.05, 0) is 37.5 Å². The maximum Gasteiger partial charge on any atom is 0.307 e. The van der Waals surface area contributed by atoms with E-state index >= 15 is 0 Å². The number of carboxylic acid groups (broad SMARTS) is 1. The van der Waals surface area contributed by atoms with Crippen molar-refractivity contribution in [3.05, 3.63) is 29.3 Å². The fraction of sp³-hybridized carbons (Fsp3) is 0.438. The minimum Gasteiger partial charge on any atom is -0.481 e. The van der Waals surface area contributed by atoms with Crippen LogP contribution in [0.2, 0.25) is 0 Å². The third-order valence-corrected chi connectivity index (χ3v) is 4.04. The summed E-state index contributed by atoms with van der Waals surface area (Å²) in [4.78, 5) is 23.6. The van der Waals surface area contributed by atoms with Gasteiger partial charge < -0.3 is 10.4 Å². The number of hydrogen-bond acceptors (Lipinski definition) is 3. The van der Waals surface area contributed by atoms with Crippen LogP contribution in [0.25, 0.3) is 0 Å². The molecule has 110 valence electrons. The van der Waals surface area contributed by atoms with E-state index < -0.39 is 17.8 Å². The lowest BCUT2D eigenvalue weighted by Crippen LogP contribution is -2.36. The molecule has 1 fully saturated rings. The first-order valence-electron chi connectivity index (χ1n) is 7.07. The first-order chi connectivity index (χ1) is 10.0. The second kappa shape index (κ2) is 6.40. The summed E-state index contributed by atoms with van der Waals surface area (Å²) in [6, 6.07) is 7.10. The number of aryl methyl sites for hydroxylation is 1. The molecule has 1 aromatic rings. The monoisotopic (exact) mass is 286 g/mol. The Labute approximate surface area is 123 Å². The molecule has 1 aliphatic carbocycles. The van der Waals surface area contributed by atoms with E-state index in [0.717, 1.165) is 18.4 Å². The van der Waals surface area contributed by atoms with Crippen molar-refractivity contribution in [2.75, 3.05) is 5.32 Å². The molecule has 0 heterocycles. The summed E-state index contributed by atoms with van der Waals surface area (Å²) in [5.41, 5.74) is 1.90. The Morgan fingerprint density at radius 2 is 1.95 bits per heavy atom. The first kappa shape index (κ1) is 15.0. The van der Waals surface area contributed by atoms with Gasteiger partial charge in [0.15, 0.2) is 0 Å². The number of hydrogen-bond donors (Lipinski definition) is 2. The average Bonchev–Trinajstić information content (AvgIpc) is 2.49. The summed E-state index contributed by atoms with van der Waals surface area (Å²) in [5, 5.41) is 20.9. The zero-order chi connectivity index (χ0) is 15.4. The number of rotatable bonds is 3. The fourth-order valence-electron chi connectivity index (χ4n) is 2.79. The highest BCUT2D eigenvalue weighted by Gasteiger charge is 2.35. The molecule has 5 heteroatoms. The Kier molecular flexibility index (Phi) is 4.59. The summed E-state index contributed by atoms with van der Waals surface area (Å²) in [6.45, 7) is 1.84. The predicted octanol–water partition coefficient (Wildman–Crippen LogP) is 2.70. The number of nitrogens with zero attached hydrogens (tertiary/aromatic N) is 1. The zero-order valence-corrected chi connectivity index (χ0v) is 11.9. The van der Waals surface area contributed by atoms with Gasteiger partial charge in [0.1, 0.15) is 0 Å². The van der Waals surface area contributed by atoms with E-state index in [-0.39, 0.29) is 5.91 Å². The number of carbonyl (C=O) groups is 2. The molecule has 2 atom stereocenters. The Morgan fingerprint density at radius 3 is 2.57 bits per heavy atom. The molecular weight excluding hydrogens is 268 g/mol. The normalized spacial score (nSPS) is 21.3. The van der Waals surface area contributed by atoms with Crippen LogP contribution in [-0.4, -0.2) is 17.0 Å². The molecule has 21 heavy (non-hydrogen) atoms. The van der Waals surface area contributed by atoms with E-state index in [1.54, 1.807) is 18.2 Å². The lowest BCUT2D eigenvalue weighted by molar-refractivity contribution is -0.147. The number of carboxylic acids is 1. The standard InChI is InChI=1S/C16H18N2O3/c1-10-6-7-11(9-17)8-14(10)18-15(19)12-4-2-3-5-13(12)16(20)21/h6-8,12-13H,2-5H2,1H3,(H,18,19)(H,20,21)/t12-,13+/m1/s1. The molecule has 2 rings (SSSR count). The van der Waals surface area contributed by atoms with Gasteiger partial charge in [0, 0.05) is 5.69 Å². The Hall–Kier alpha value is -2.35. The van der Waals surface area contributed by atoms with Crippen molar-refractivity contribution in [3.8, 4) is 6.07 Å². The van der Waals surface area contributed by atoms with Crippen LogP contribution in [0.5, 0.6) is 0 Å². The van der Waals surface area contributed by atoms with Crippen LogP contribution >= 0.6 is 0 Å². The molecular formula is C16H18N2O3. The van der Waals surface area contributed by atoms with E-state index in [1.807, 2.05) is 13.0 Å². The van der Waals surface area contributed by atoms with Gasteiger partial charge >= 0.3 is 5.97 Å². The predicted molar refractivity (Wildman–Crippen MR) is 77.6 cm³/mol. The van der Waals surface area contributed by atoms with E-state index in [9.17, 15) is 14.7 Å². The maximum atomic E-state index is 12.4. The van der Waals surface area contributed by atoms with Crippen LogP contribution in [-0.2, 0) is 9.59 Å². The van der Waals surface area contributed by atoms with Crippen molar-refractivity contribution in [1.29, 1.82) is 5.26 Å². The molecule has 0 bridgehead atoms. The highest BCUT2D eigenvalue weighted by molar-refractivity contribution is 5.95. The third-order valence-electron chi connectivity index (χ3n) is 4.04. The molecule has 0 aliphatic heterocycles. The molecule has 2 N–H and O–H groups in total. The van der Waals surface area contributed by atoms with Crippen molar-refractivity contribution in [3.63, 3.8) is 0 Å². The molecule has 0 unspecified atom stereocenters. The summed E-state index contributed by atoms with van der Waals surface area (Å²) in [7, 11) is 0. The topological polar surface area (TPSA) is 90.2 Å². The van der Waals surface area contributed by atoms with E-state index in [1.165, 1.54) is 0 Å². The van der Waals surface area contributed by atoms with Gasteiger partial charge in [-0.2, -0.15) is 5.26 Å². The second-order valence-electron chi connectivity index (χ2n) is 5.47. The molecule has 0 saturated heterocycles. The van der Waals surface area contributed by atoms with Crippen LogP contribution in [0.1, 0.15) is 36.8 Å². The van der Waals surface area contributed by atoms with Crippen molar-refractivity contribution >= 4 is 17.6 Å². The van der Waals surface area contributed by atoms with Crippen molar-refractivity contribution in [2.24, 2.45) is 11.8 Å². The third kappa shape index (κ3) is 3.40. The molecule has 0 radical (unpaired) electrons. The van der Waals surface area contributed by atoms with Crippen LogP contribution in [0.3, 0.4) is 0 Å². The molecule has 1 saturated carbocycles. The molecule has 0 spiro atoms. The van der Waals surface area contributed by atoms with Gasteiger partial charge in [-0.1, -0.05) is 18.9 Å². The first-order valence-corrected chi connectivity index (χ1v) is 7.07. The molecule has 1 aromatic carbocycles. The summed E-state index contributed by atoms with van der Waals surface area (Å²) >= 11 is 0. The lowest BCUT2D eigenvalue weighted by atomic mass is 9.78. The Morgan fingerprint density at radius 1 is 1.29 bits per heavy atom. The van der Waals surface area contributed by atoms with Gasteiger partial charge in [0.2, 0.25) is 5.91 Å². The van der Waals surface area contributed by atoms with Crippen LogP contribution in [0, 0.1) is 30.1 Å². The largest absolute Gasteiger partial charge is 0.481 e. The number of anilines is 1. The second-order valence-corrected chi connectivity index (χ2v) is 5.47. The van der Waals surface area contributed by atoms with Crippen molar-refractivity contribution in [1.82, 2.24) is 0 Å². The minimum absolute atomic E-state index is 0.264. The van der Waals surface area contributed by atoms with Gasteiger partial charge in [0.25, 0.3) is 0 Å². The Balaban J connectivity index is 2.17. The highest BCUT2D eigenvalue weighted by Crippen LogP contribution is 2.31. The maximum absolute atomic E-state index is 12.4. The smallest absolute Gasteiger partial charge is 0.307 e. The van der Waals surface area contributed by atoms with Crippen LogP contribution in [0.15, 0.2) is 18.2 Å². The molecule has 1 amide bonds. The number of nitrogens with one attached hydrogen (secondary N) is 1. The zero-order valence-electron chi connectivity index (χ0n) is 11.9. The van der Waals surface area contributed by atoms with E-state index in [4.69, 9.17) is 5.26 Å². The van der Waals surface area contributed by atoms with Gasteiger partial charge in [-0.3, -0.25) is 9.59 Å². The highest BCUT2D eigenvalue weighted by atomic mass is 16.4. The Bertz CT molecular complexity index is 604.